The number of aliphatic carboxylic acids is 1. The molecule has 3 aromatic rings. The monoisotopic (exact) mass is 415 g/mol. The number of hydrogen-bond acceptors (Lipinski definition) is 7. The summed E-state index contributed by atoms with van der Waals surface area (Å²) in [6, 6.07) is 9.21. The molecule has 0 saturated carbocycles. The van der Waals surface area contributed by atoms with Gasteiger partial charge in [-0.25, -0.2) is 14.2 Å². The Balaban J connectivity index is 1.50. The highest BCUT2D eigenvalue weighted by Crippen LogP contribution is 2.31. The zero-order valence-electron chi connectivity index (χ0n) is 14.3. The fourth-order valence-corrected chi connectivity index (χ4v) is 4.73. The van der Waals surface area contributed by atoms with Crippen LogP contribution in [0.3, 0.4) is 0 Å². The molecule has 28 heavy (non-hydrogen) atoms. The molecule has 1 aromatic heterocycles. The minimum atomic E-state index is -0.930. The Hall–Kier alpha value is -2.43. The van der Waals surface area contributed by atoms with Crippen molar-refractivity contribution >= 4 is 57.3 Å². The van der Waals surface area contributed by atoms with Crippen molar-refractivity contribution in [3.8, 4) is 5.75 Å². The minimum Gasteiger partial charge on any atom is -0.489 e. The number of fused-ring (bicyclic) bond motifs is 1. The van der Waals surface area contributed by atoms with Crippen molar-refractivity contribution in [2.24, 2.45) is 4.99 Å². The van der Waals surface area contributed by atoms with E-state index in [1.54, 1.807) is 12.1 Å². The van der Waals surface area contributed by atoms with Gasteiger partial charge in [-0.3, -0.25) is 4.99 Å². The third kappa shape index (κ3) is 3.89. The van der Waals surface area contributed by atoms with E-state index in [0.717, 1.165) is 17.7 Å². The standard InChI is InChI=1S/C18H13BFN2O4S2/c20-12-5-9(1-3-11(12)19-25)7-26-10-2-4-13-15(6-10)28-17(21-13)16-22-14(8-27-16)18(23)24/h1-6,14,25H,7-8H2,(H,23,24). The van der Waals surface area contributed by atoms with Gasteiger partial charge in [0.15, 0.2) is 6.04 Å². The topological polar surface area (TPSA) is 92.0 Å². The number of carboxylic acids is 1. The Morgan fingerprint density at radius 2 is 2.18 bits per heavy atom. The lowest BCUT2D eigenvalue weighted by Crippen LogP contribution is -2.18. The van der Waals surface area contributed by atoms with Gasteiger partial charge in [0.25, 0.3) is 0 Å². The summed E-state index contributed by atoms with van der Waals surface area (Å²) in [4.78, 5) is 19.8. The number of rotatable bonds is 6. The highest BCUT2D eigenvalue weighted by Gasteiger charge is 2.26. The maximum atomic E-state index is 13.7. The van der Waals surface area contributed by atoms with Gasteiger partial charge >= 0.3 is 13.5 Å². The number of thiazole rings is 1. The third-order valence-electron chi connectivity index (χ3n) is 4.09. The van der Waals surface area contributed by atoms with E-state index in [9.17, 15) is 9.18 Å². The van der Waals surface area contributed by atoms with E-state index >= 15 is 0 Å². The molecule has 4 rings (SSSR count). The molecule has 0 aliphatic carbocycles. The van der Waals surface area contributed by atoms with Gasteiger partial charge in [-0.1, -0.05) is 12.1 Å². The molecule has 10 heteroatoms. The lowest BCUT2D eigenvalue weighted by molar-refractivity contribution is -0.137. The average molecular weight is 415 g/mol. The summed E-state index contributed by atoms with van der Waals surface area (Å²) >= 11 is 2.82. The zero-order valence-corrected chi connectivity index (χ0v) is 16.0. The molecular formula is C18H13BFN2O4S2. The van der Waals surface area contributed by atoms with Crippen LogP contribution < -0.4 is 10.2 Å². The van der Waals surface area contributed by atoms with E-state index in [1.165, 1.54) is 35.2 Å². The molecule has 1 aliphatic rings. The van der Waals surface area contributed by atoms with Crippen LogP contribution in [-0.2, 0) is 11.4 Å². The maximum absolute atomic E-state index is 13.7. The second-order valence-electron chi connectivity index (χ2n) is 6.02. The fraction of sp³-hybridized carbons (Fsp3) is 0.167. The van der Waals surface area contributed by atoms with Gasteiger partial charge in [-0.05, 0) is 35.3 Å². The number of hydrogen-bond donors (Lipinski definition) is 2. The van der Waals surface area contributed by atoms with Crippen molar-refractivity contribution in [2.75, 3.05) is 5.75 Å². The number of nitrogens with zero attached hydrogens (tertiary/aromatic N) is 2. The predicted molar refractivity (Wildman–Crippen MR) is 108 cm³/mol. The molecule has 2 aromatic carbocycles. The first-order chi connectivity index (χ1) is 13.5. The summed E-state index contributed by atoms with van der Waals surface area (Å²) in [6.07, 6.45) is 0. The number of carbonyl (C=O) groups is 1. The first-order valence-electron chi connectivity index (χ1n) is 8.26. The Bertz CT molecular complexity index is 1090. The second kappa shape index (κ2) is 7.90. The van der Waals surface area contributed by atoms with E-state index in [0.29, 0.717) is 27.1 Å². The van der Waals surface area contributed by atoms with E-state index in [2.05, 4.69) is 9.98 Å². The molecule has 0 saturated heterocycles. The Morgan fingerprint density at radius 3 is 2.89 bits per heavy atom. The molecular weight excluding hydrogens is 402 g/mol. The second-order valence-corrected chi connectivity index (χ2v) is 8.06. The van der Waals surface area contributed by atoms with Gasteiger partial charge in [0.05, 0.1) is 10.2 Å². The largest absolute Gasteiger partial charge is 0.489 e. The molecule has 0 spiro atoms. The van der Waals surface area contributed by atoms with Gasteiger partial charge in [0.2, 0.25) is 0 Å². The number of aromatic nitrogens is 1. The Kier molecular flexibility index (Phi) is 5.34. The average Bonchev–Trinajstić information content (AvgIpc) is 3.33. The predicted octanol–water partition coefficient (Wildman–Crippen LogP) is 2.20. The molecule has 2 N–H and O–H groups in total. The van der Waals surface area contributed by atoms with Crippen LogP contribution in [0.1, 0.15) is 10.6 Å². The van der Waals surface area contributed by atoms with Crippen molar-refractivity contribution in [3.05, 3.63) is 52.8 Å². The molecule has 1 unspecified atom stereocenters. The van der Waals surface area contributed by atoms with E-state index in [4.69, 9.17) is 14.9 Å². The zero-order chi connectivity index (χ0) is 19.7. The van der Waals surface area contributed by atoms with Crippen molar-refractivity contribution in [1.82, 2.24) is 4.98 Å². The summed E-state index contributed by atoms with van der Waals surface area (Å²) in [5, 5.41) is 19.3. The highest BCUT2D eigenvalue weighted by molar-refractivity contribution is 8.15. The minimum absolute atomic E-state index is 0.125. The summed E-state index contributed by atoms with van der Waals surface area (Å²) < 4.78 is 20.3. The molecule has 2 heterocycles. The van der Waals surface area contributed by atoms with E-state index in [-0.39, 0.29) is 12.1 Å². The van der Waals surface area contributed by atoms with Crippen LogP contribution in [0.15, 0.2) is 41.4 Å². The maximum Gasteiger partial charge on any atom is 0.329 e. The van der Waals surface area contributed by atoms with Gasteiger partial charge in [0.1, 0.15) is 28.2 Å². The summed E-state index contributed by atoms with van der Waals surface area (Å²) in [7, 11) is 0.723. The van der Waals surface area contributed by atoms with Gasteiger partial charge < -0.3 is 14.9 Å². The number of halogens is 1. The number of ether oxygens (including phenoxy) is 1. The van der Waals surface area contributed by atoms with Crippen molar-refractivity contribution in [1.29, 1.82) is 0 Å². The molecule has 141 valence electrons. The van der Waals surface area contributed by atoms with Gasteiger partial charge in [-0.15, -0.1) is 23.1 Å². The van der Waals surface area contributed by atoms with Gasteiger partial charge in [-0.2, -0.15) is 0 Å². The van der Waals surface area contributed by atoms with Crippen molar-refractivity contribution in [2.45, 2.75) is 12.6 Å². The molecule has 1 radical (unpaired) electrons. The van der Waals surface area contributed by atoms with Crippen LogP contribution in [0, 0.1) is 5.82 Å². The highest BCUT2D eigenvalue weighted by atomic mass is 32.2. The third-order valence-corrected chi connectivity index (χ3v) is 6.30. The van der Waals surface area contributed by atoms with Crippen LogP contribution in [0.2, 0.25) is 0 Å². The Morgan fingerprint density at radius 1 is 1.32 bits per heavy atom. The normalized spacial score (nSPS) is 16.2. The van der Waals surface area contributed by atoms with Gasteiger partial charge in [0, 0.05) is 5.75 Å². The summed E-state index contributed by atoms with van der Waals surface area (Å²) in [5.74, 6) is -0.412. The van der Waals surface area contributed by atoms with Crippen LogP contribution in [-0.4, -0.2) is 45.4 Å². The van der Waals surface area contributed by atoms with Crippen LogP contribution in [0.25, 0.3) is 10.2 Å². The number of aliphatic imine (C=N–C) groups is 1. The van der Waals surface area contributed by atoms with Crippen LogP contribution in [0.5, 0.6) is 5.75 Å². The lowest BCUT2D eigenvalue weighted by atomic mass is 9.87. The van der Waals surface area contributed by atoms with E-state index < -0.39 is 17.8 Å². The number of thioether (sulfide) groups is 1. The molecule has 0 fully saturated rings. The molecule has 0 bridgehead atoms. The molecule has 1 atom stereocenters. The van der Waals surface area contributed by atoms with Crippen molar-refractivity contribution in [3.63, 3.8) is 0 Å². The Labute approximate surface area is 168 Å². The first kappa shape index (κ1) is 18.9. The van der Waals surface area contributed by atoms with E-state index in [1.807, 2.05) is 12.1 Å². The van der Waals surface area contributed by atoms with Crippen molar-refractivity contribution < 1.29 is 24.1 Å². The summed E-state index contributed by atoms with van der Waals surface area (Å²) in [5.41, 5.74) is 1.55. The number of carboxylic acid groups (broad SMARTS) is 1. The fourth-order valence-electron chi connectivity index (χ4n) is 2.64. The quantitative estimate of drug-likeness (QED) is 0.600. The SMILES string of the molecule is O=C(O)C1CSC(c2nc3ccc(OCc4ccc([B]O)c(F)c4)cc3s2)=N1. The first-order valence-corrected chi connectivity index (χ1v) is 10.1. The van der Waals surface area contributed by atoms with Crippen LogP contribution >= 0.6 is 23.1 Å². The number of benzene rings is 2. The molecule has 0 amide bonds. The smallest absolute Gasteiger partial charge is 0.329 e. The molecule has 6 nitrogen and oxygen atoms in total. The molecule has 1 aliphatic heterocycles. The van der Waals surface area contributed by atoms with Crippen LogP contribution in [0.4, 0.5) is 4.39 Å². The summed E-state index contributed by atoms with van der Waals surface area (Å²) in [6.45, 7) is 0.183. The lowest BCUT2D eigenvalue weighted by Gasteiger charge is -2.07.